The van der Waals surface area contributed by atoms with E-state index in [0.717, 1.165) is 25.7 Å². The Morgan fingerprint density at radius 2 is 1.00 bits per heavy atom. The summed E-state index contributed by atoms with van der Waals surface area (Å²) >= 11 is 4.72. The van der Waals surface area contributed by atoms with Crippen molar-refractivity contribution in [2.75, 3.05) is 52.9 Å². The van der Waals surface area contributed by atoms with Crippen LogP contribution in [-0.2, 0) is 52.3 Å². The van der Waals surface area contributed by atoms with Crippen LogP contribution in [-0.4, -0.2) is 87.8 Å². The topological polar surface area (TPSA) is 142 Å². The van der Waals surface area contributed by atoms with E-state index in [1.165, 1.54) is 0 Å². The Kier molecular flexibility index (Phi) is 14.8. The minimum Gasteiger partial charge on any atom is -0.466 e. The second-order valence-electron chi connectivity index (χ2n) is 9.94. The molecule has 0 radical (unpaired) electrons. The highest BCUT2D eigenvalue weighted by Gasteiger charge is 2.56. The van der Waals surface area contributed by atoms with E-state index in [2.05, 4.69) is 4.74 Å². The number of ether oxygens (including phenoxy) is 8. The van der Waals surface area contributed by atoms with Crippen molar-refractivity contribution >= 4 is 34.9 Å². The van der Waals surface area contributed by atoms with Gasteiger partial charge in [-0.05, 0) is 53.4 Å². The Morgan fingerprint density at radius 3 is 1.34 bits per heavy atom. The predicted octanol–water partition coefficient (Wildman–Crippen LogP) is 4.28. The molecule has 0 aromatic carbocycles. The molecule has 2 heterocycles. The zero-order valence-electron chi connectivity index (χ0n) is 24.7. The minimum absolute atomic E-state index is 0.0448. The Balaban J connectivity index is 0.000000246. The normalized spacial score (nSPS) is 23.3. The summed E-state index contributed by atoms with van der Waals surface area (Å²) in [6.45, 7) is 10.8. The molecule has 0 aromatic heterocycles. The first-order valence-electron chi connectivity index (χ1n) is 14.5. The van der Waals surface area contributed by atoms with Gasteiger partial charge in [0.25, 0.3) is 0 Å². The van der Waals surface area contributed by atoms with Crippen LogP contribution in [0.1, 0.15) is 79.1 Å². The average Bonchev–Trinajstić information content (AvgIpc) is 3.61. The quantitative estimate of drug-likeness (QED) is 0.176. The van der Waals surface area contributed by atoms with Crippen molar-refractivity contribution in [2.24, 2.45) is 11.3 Å². The van der Waals surface area contributed by atoms with Crippen LogP contribution < -0.4 is 0 Å². The van der Waals surface area contributed by atoms with Crippen molar-refractivity contribution in [3.63, 3.8) is 0 Å². The van der Waals surface area contributed by atoms with E-state index in [0.29, 0.717) is 65.3 Å². The first-order chi connectivity index (χ1) is 19.6. The summed E-state index contributed by atoms with van der Waals surface area (Å²) in [5, 5.41) is 0. The van der Waals surface area contributed by atoms with Crippen LogP contribution in [0.3, 0.4) is 0 Å². The van der Waals surface area contributed by atoms with Gasteiger partial charge >= 0.3 is 23.3 Å². The van der Waals surface area contributed by atoms with Crippen molar-refractivity contribution in [2.45, 2.75) is 90.6 Å². The minimum atomic E-state index is -1.20. The molecule has 12 nitrogen and oxygen atoms in total. The summed E-state index contributed by atoms with van der Waals surface area (Å²) in [7, 11) is 0. The molecule has 13 heteroatoms. The summed E-state index contributed by atoms with van der Waals surface area (Å²) in [4.78, 5) is 45.6. The Hall–Kier alpha value is -1.99. The molecular weight excluding hydrogens is 564 g/mol. The molecule has 0 atom stereocenters. The third kappa shape index (κ3) is 10.1. The van der Waals surface area contributed by atoms with Crippen LogP contribution in [0, 0.1) is 11.3 Å². The van der Waals surface area contributed by atoms with E-state index in [-0.39, 0.29) is 30.9 Å². The van der Waals surface area contributed by atoms with Gasteiger partial charge in [-0.3, -0.25) is 14.4 Å². The zero-order chi connectivity index (χ0) is 30.4. The number of esters is 3. The van der Waals surface area contributed by atoms with Crippen molar-refractivity contribution in [3.05, 3.63) is 0 Å². The maximum atomic E-state index is 12.2. The molecule has 2 spiro atoms. The van der Waals surface area contributed by atoms with E-state index >= 15 is 0 Å². The molecule has 0 bridgehead atoms. The van der Waals surface area contributed by atoms with Gasteiger partial charge in [0.15, 0.2) is 17.0 Å². The first-order valence-corrected chi connectivity index (χ1v) is 14.9. The lowest BCUT2D eigenvalue weighted by atomic mass is 9.71. The molecule has 0 N–H and O–H groups in total. The van der Waals surface area contributed by atoms with Gasteiger partial charge in [0, 0.05) is 37.3 Å². The molecule has 2 saturated carbocycles. The van der Waals surface area contributed by atoms with Crippen LogP contribution >= 0.6 is 11.6 Å². The molecule has 41 heavy (non-hydrogen) atoms. The molecule has 4 aliphatic rings. The molecule has 0 amide bonds. The first kappa shape index (κ1) is 35.2. The van der Waals surface area contributed by atoms with Crippen LogP contribution in [0.5, 0.6) is 0 Å². The van der Waals surface area contributed by atoms with Gasteiger partial charge in [-0.2, -0.15) is 0 Å². The SMILES string of the molecule is CCOC(=O)C1(C(=O)OCC)CCC2(CC1)OCCO2.CCOC(=O)C1CCC2(CC1)OCCO2.CCOC(=O)Cl. The second kappa shape index (κ2) is 17.2. The molecule has 2 saturated heterocycles. The van der Waals surface area contributed by atoms with Crippen molar-refractivity contribution in [3.8, 4) is 0 Å². The van der Waals surface area contributed by atoms with E-state index < -0.39 is 28.6 Å². The number of carbonyl (C=O) groups is 4. The second-order valence-corrected chi connectivity index (χ2v) is 10.2. The lowest BCUT2D eigenvalue weighted by Crippen LogP contribution is -2.49. The van der Waals surface area contributed by atoms with Crippen molar-refractivity contribution in [1.82, 2.24) is 0 Å². The van der Waals surface area contributed by atoms with E-state index in [4.69, 9.17) is 44.8 Å². The predicted molar refractivity (Wildman–Crippen MR) is 145 cm³/mol. The summed E-state index contributed by atoms with van der Waals surface area (Å²) in [6.07, 6.45) is 4.95. The van der Waals surface area contributed by atoms with Gasteiger partial charge < -0.3 is 37.9 Å². The summed E-state index contributed by atoms with van der Waals surface area (Å²) in [5.74, 6) is -2.00. The number of rotatable bonds is 7. The van der Waals surface area contributed by atoms with Crippen LogP contribution in [0.15, 0.2) is 0 Å². The number of hydrogen-bond acceptors (Lipinski definition) is 12. The van der Waals surface area contributed by atoms with Gasteiger partial charge in [-0.25, -0.2) is 4.79 Å². The highest BCUT2D eigenvalue weighted by atomic mass is 35.5. The molecule has 0 unspecified atom stereocenters. The van der Waals surface area contributed by atoms with E-state index in [1.807, 2.05) is 6.92 Å². The van der Waals surface area contributed by atoms with Crippen molar-refractivity contribution < 1.29 is 57.1 Å². The van der Waals surface area contributed by atoms with Gasteiger partial charge in [0.05, 0.1) is 58.8 Å². The fourth-order valence-corrected chi connectivity index (χ4v) is 5.44. The third-order valence-corrected chi connectivity index (χ3v) is 7.56. The molecule has 0 aromatic rings. The highest BCUT2D eigenvalue weighted by molar-refractivity contribution is 6.61. The standard InChI is InChI=1S/C14H22O6.C11H18O4.C3H5ClO2/c1-3-17-11(15)13(12(16)18-4-2)5-7-14(8-6-13)19-9-10-20-14;1-2-13-10(12)9-3-5-11(6-4-9)14-7-8-15-11;1-2-6-3(4)5/h3-10H2,1-2H3;9H,2-8H2,1H3;2H2,1H3. The van der Waals surface area contributed by atoms with Gasteiger partial charge in [0.1, 0.15) is 0 Å². The molecule has 4 rings (SSSR count). The van der Waals surface area contributed by atoms with Gasteiger partial charge in [0.2, 0.25) is 0 Å². The lowest BCUT2D eigenvalue weighted by Gasteiger charge is -2.40. The Labute approximate surface area is 246 Å². The van der Waals surface area contributed by atoms with Gasteiger partial charge in [-0.1, -0.05) is 0 Å². The van der Waals surface area contributed by atoms with E-state index in [1.54, 1.807) is 20.8 Å². The number of hydrogen-bond donors (Lipinski definition) is 0. The van der Waals surface area contributed by atoms with E-state index in [9.17, 15) is 19.2 Å². The largest absolute Gasteiger partial charge is 0.466 e. The van der Waals surface area contributed by atoms with Gasteiger partial charge in [-0.15, -0.1) is 0 Å². The maximum Gasteiger partial charge on any atom is 0.403 e. The summed E-state index contributed by atoms with van der Waals surface area (Å²) in [5.41, 5.74) is -1.94. The lowest BCUT2D eigenvalue weighted by molar-refractivity contribution is -0.206. The van der Waals surface area contributed by atoms with Crippen molar-refractivity contribution in [1.29, 1.82) is 0 Å². The molecule has 2 aliphatic carbocycles. The smallest absolute Gasteiger partial charge is 0.403 e. The Bertz CT molecular complexity index is 811. The van der Waals surface area contributed by atoms with Crippen LogP contribution in [0.25, 0.3) is 0 Å². The molecule has 2 aliphatic heterocycles. The Morgan fingerprint density at radius 1 is 0.610 bits per heavy atom. The molecule has 4 fully saturated rings. The zero-order valence-corrected chi connectivity index (χ0v) is 25.4. The molecule has 236 valence electrons. The molecular formula is C28H45ClO12. The monoisotopic (exact) mass is 608 g/mol. The fourth-order valence-electron chi connectivity index (χ4n) is 5.33. The highest BCUT2D eigenvalue weighted by Crippen LogP contribution is 2.46. The summed E-state index contributed by atoms with van der Waals surface area (Å²) < 4.78 is 41.8. The number of halogens is 1. The summed E-state index contributed by atoms with van der Waals surface area (Å²) in [6, 6.07) is 0. The average molecular weight is 609 g/mol. The number of carbonyl (C=O) groups excluding carboxylic acids is 4. The maximum absolute atomic E-state index is 12.2. The fraction of sp³-hybridized carbons (Fsp3) is 0.857. The van der Waals surface area contributed by atoms with Crippen LogP contribution in [0.2, 0.25) is 0 Å². The van der Waals surface area contributed by atoms with Crippen LogP contribution in [0.4, 0.5) is 4.79 Å². The third-order valence-electron chi connectivity index (χ3n) is 7.45.